The van der Waals surface area contributed by atoms with E-state index in [4.69, 9.17) is 9.90 Å². The van der Waals surface area contributed by atoms with E-state index in [1.165, 1.54) is 0 Å². The molecule has 1 rings (SSSR count). The summed E-state index contributed by atoms with van der Waals surface area (Å²) in [5.74, 6) is 0. The summed E-state index contributed by atoms with van der Waals surface area (Å²) < 4.78 is 0. The first kappa shape index (κ1) is 9.36. The van der Waals surface area contributed by atoms with Crippen LogP contribution in [0.5, 0.6) is 0 Å². The van der Waals surface area contributed by atoms with E-state index in [1.54, 1.807) is 18.5 Å². The lowest BCUT2D eigenvalue weighted by Crippen LogP contribution is -1.69. The van der Waals surface area contributed by atoms with Gasteiger partial charge in [0, 0.05) is 12.4 Å². The number of hydrogen-bond acceptors (Lipinski definition) is 2. The summed E-state index contributed by atoms with van der Waals surface area (Å²) in [5.41, 5.74) is 1.11. The van der Waals surface area contributed by atoms with Crippen molar-refractivity contribution in [3.63, 3.8) is 0 Å². The van der Waals surface area contributed by atoms with E-state index in [-0.39, 0.29) is 6.47 Å². The average molecular weight is 151 g/mol. The smallest absolute Gasteiger partial charge is 0.290 e. The Balaban J connectivity index is 0.000000292. The van der Waals surface area contributed by atoms with Crippen LogP contribution in [0, 0.1) is 0 Å². The molecule has 1 aromatic rings. The molecule has 58 valence electrons. The van der Waals surface area contributed by atoms with E-state index in [2.05, 4.69) is 11.6 Å². The fourth-order valence-electron chi connectivity index (χ4n) is 0.500. The molecule has 0 aromatic carbocycles. The van der Waals surface area contributed by atoms with Gasteiger partial charge in [0.15, 0.2) is 0 Å². The summed E-state index contributed by atoms with van der Waals surface area (Å²) in [6, 6.07) is 3.82. The van der Waals surface area contributed by atoms with Gasteiger partial charge in [-0.3, -0.25) is 9.78 Å². The average Bonchev–Trinajstić information content (AvgIpc) is 2.08. The standard InChI is InChI=1S/C7H7N.CH2O2/c1-2-7-3-5-8-6-4-7;2-1-3/h2-6H,1H2;1H,(H,2,3). The van der Waals surface area contributed by atoms with Crippen molar-refractivity contribution >= 4 is 12.5 Å². The Kier molecular flexibility index (Phi) is 5.51. The third-order valence-electron chi connectivity index (χ3n) is 0.942. The molecule has 1 heterocycles. The molecule has 0 atom stereocenters. The van der Waals surface area contributed by atoms with E-state index in [1.807, 2.05) is 12.1 Å². The van der Waals surface area contributed by atoms with Crippen molar-refractivity contribution < 1.29 is 9.90 Å². The van der Waals surface area contributed by atoms with Crippen molar-refractivity contribution in [2.45, 2.75) is 0 Å². The fourth-order valence-corrected chi connectivity index (χ4v) is 0.500. The molecule has 0 amide bonds. The van der Waals surface area contributed by atoms with Crippen molar-refractivity contribution in [3.05, 3.63) is 36.7 Å². The first-order valence-corrected chi connectivity index (χ1v) is 2.95. The molecular formula is C8H9NO2. The molecule has 0 radical (unpaired) electrons. The van der Waals surface area contributed by atoms with Crippen LogP contribution in [0.4, 0.5) is 0 Å². The van der Waals surface area contributed by atoms with Crippen molar-refractivity contribution in [1.29, 1.82) is 0 Å². The van der Waals surface area contributed by atoms with Crippen LogP contribution in [-0.2, 0) is 4.79 Å². The molecule has 0 aliphatic rings. The molecule has 0 aliphatic heterocycles. The van der Waals surface area contributed by atoms with Gasteiger partial charge in [0.2, 0.25) is 0 Å². The van der Waals surface area contributed by atoms with Gasteiger partial charge in [-0.25, -0.2) is 0 Å². The fraction of sp³-hybridized carbons (Fsp3) is 0. The highest BCUT2D eigenvalue weighted by Gasteiger charge is 1.76. The van der Waals surface area contributed by atoms with Crippen molar-refractivity contribution in [2.24, 2.45) is 0 Å². The van der Waals surface area contributed by atoms with Gasteiger partial charge in [0.05, 0.1) is 0 Å². The van der Waals surface area contributed by atoms with Crippen LogP contribution in [0.15, 0.2) is 31.1 Å². The minimum atomic E-state index is -0.250. The Morgan fingerprint density at radius 1 is 1.45 bits per heavy atom. The molecule has 0 aliphatic carbocycles. The van der Waals surface area contributed by atoms with Crippen molar-refractivity contribution in [3.8, 4) is 0 Å². The Morgan fingerprint density at radius 2 is 1.91 bits per heavy atom. The molecule has 0 fully saturated rings. The third-order valence-corrected chi connectivity index (χ3v) is 0.942. The third kappa shape index (κ3) is 4.84. The maximum Gasteiger partial charge on any atom is 0.290 e. The summed E-state index contributed by atoms with van der Waals surface area (Å²) in [4.78, 5) is 12.2. The zero-order valence-corrected chi connectivity index (χ0v) is 5.97. The van der Waals surface area contributed by atoms with Crippen LogP contribution in [0.3, 0.4) is 0 Å². The first-order valence-electron chi connectivity index (χ1n) is 2.95. The highest BCUT2D eigenvalue weighted by molar-refractivity contribution is 5.44. The maximum atomic E-state index is 8.36. The van der Waals surface area contributed by atoms with Crippen LogP contribution in [0.25, 0.3) is 6.08 Å². The van der Waals surface area contributed by atoms with Crippen LogP contribution in [0.2, 0.25) is 0 Å². The van der Waals surface area contributed by atoms with Crippen molar-refractivity contribution in [2.75, 3.05) is 0 Å². The van der Waals surface area contributed by atoms with E-state index in [9.17, 15) is 0 Å². The van der Waals surface area contributed by atoms with Gasteiger partial charge >= 0.3 is 0 Å². The SMILES string of the molecule is C=Cc1ccncc1.O=CO. The van der Waals surface area contributed by atoms with Crippen LogP contribution in [0.1, 0.15) is 5.56 Å². The summed E-state index contributed by atoms with van der Waals surface area (Å²) in [6.07, 6.45) is 5.29. The van der Waals surface area contributed by atoms with E-state index >= 15 is 0 Å². The molecule has 0 bridgehead atoms. The van der Waals surface area contributed by atoms with Gasteiger partial charge in [-0.15, -0.1) is 0 Å². The summed E-state index contributed by atoms with van der Waals surface area (Å²) in [6.45, 7) is 3.35. The molecule has 11 heavy (non-hydrogen) atoms. The molecule has 3 heteroatoms. The summed E-state index contributed by atoms with van der Waals surface area (Å²) in [5, 5.41) is 6.89. The lowest BCUT2D eigenvalue weighted by atomic mass is 10.3. The molecule has 0 spiro atoms. The summed E-state index contributed by atoms with van der Waals surface area (Å²) in [7, 11) is 0. The Hall–Kier alpha value is -1.64. The topological polar surface area (TPSA) is 50.2 Å². The number of nitrogens with zero attached hydrogens (tertiary/aromatic N) is 1. The zero-order valence-electron chi connectivity index (χ0n) is 5.97. The number of hydrogen-bond donors (Lipinski definition) is 1. The van der Waals surface area contributed by atoms with Gasteiger partial charge in [0.25, 0.3) is 6.47 Å². The van der Waals surface area contributed by atoms with Crippen LogP contribution < -0.4 is 0 Å². The first-order chi connectivity index (χ1) is 5.35. The molecule has 1 N–H and O–H groups in total. The molecular weight excluding hydrogens is 142 g/mol. The second-order valence-corrected chi connectivity index (χ2v) is 1.59. The lowest BCUT2D eigenvalue weighted by molar-refractivity contribution is -0.122. The molecule has 3 nitrogen and oxygen atoms in total. The van der Waals surface area contributed by atoms with Gasteiger partial charge < -0.3 is 5.11 Å². The van der Waals surface area contributed by atoms with Crippen LogP contribution >= 0.6 is 0 Å². The van der Waals surface area contributed by atoms with E-state index in [0.29, 0.717) is 0 Å². The Labute approximate surface area is 65.0 Å². The number of rotatable bonds is 1. The minimum absolute atomic E-state index is 0.250. The van der Waals surface area contributed by atoms with Crippen LogP contribution in [-0.4, -0.2) is 16.6 Å². The number of carboxylic acid groups (broad SMARTS) is 1. The number of pyridine rings is 1. The van der Waals surface area contributed by atoms with Gasteiger partial charge in [-0.2, -0.15) is 0 Å². The van der Waals surface area contributed by atoms with Crippen molar-refractivity contribution in [1.82, 2.24) is 4.98 Å². The van der Waals surface area contributed by atoms with E-state index in [0.717, 1.165) is 5.56 Å². The monoisotopic (exact) mass is 151 g/mol. The molecule has 0 saturated carbocycles. The number of carbonyl (C=O) groups is 1. The minimum Gasteiger partial charge on any atom is -0.483 e. The molecule has 1 aromatic heterocycles. The zero-order chi connectivity index (χ0) is 8.53. The second kappa shape index (κ2) is 6.48. The predicted molar refractivity (Wildman–Crippen MR) is 43.0 cm³/mol. The Morgan fingerprint density at radius 3 is 2.18 bits per heavy atom. The van der Waals surface area contributed by atoms with Gasteiger partial charge in [-0.1, -0.05) is 12.7 Å². The van der Waals surface area contributed by atoms with Gasteiger partial charge in [0.1, 0.15) is 0 Å². The molecule has 0 unspecified atom stereocenters. The lowest BCUT2D eigenvalue weighted by Gasteiger charge is -1.84. The normalized spacial score (nSPS) is 7.27. The maximum absolute atomic E-state index is 8.36. The number of aromatic nitrogens is 1. The Bertz CT molecular complexity index is 209. The molecule has 0 saturated heterocycles. The van der Waals surface area contributed by atoms with E-state index < -0.39 is 0 Å². The largest absolute Gasteiger partial charge is 0.483 e. The highest BCUT2D eigenvalue weighted by Crippen LogP contribution is 1.94. The summed E-state index contributed by atoms with van der Waals surface area (Å²) >= 11 is 0. The highest BCUT2D eigenvalue weighted by atomic mass is 16.3. The quantitative estimate of drug-likeness (QED) is 0.617. The predicted octanol–water partition coefficient (Wildman–Crippen LogP) is 1.43. The second-order valence-electron chi connectivity index (χ2n) is 1.59. The van der Waals surface area contributed by atoms with Gasteiger partial charge in [-0.05, 0) is 17.7 Å².